The zero-order chi connectivity index (χ0) is 20.5. The molecule has 4 heterocycles. The van der Waals surface area contributed by atoms with Crippen molar-refractivity contribution >= 4 is 5.65 Å². The second kappa shape index (κ2) is 7.91. The van der Waals surface area contributed by atoms with Crippen LogP contribution >= 0.6 is 0 Å². The molecular weight excluding hydrogens is 376 g/mol. The number of hydrogen-bond donors (Lipinski definition) is 1. The van der Waals surface area contributed by atoms with Crippen molar-refractivity contribution in [1.29, 1.82) is 0 Å². The van der Waals surface area contributed by atoms with Gasteiger partial charge in [-0.15, -0.1) is 0 Å². The maximum atomic E-state index is 13.3. The largest absolute Gasteiger partial charge is 0.346 e. The zero-order valence-electron chi connectivity index (χ0n) is 17.2. The molecular formula is C23H26N6O. The Balaban J connectivity index is 1.51. The van der Waals surface area contributed by atoms with Gasteiger partial charge in [-0.2, -0.15) is 5.10 Å². The summed E-state index contributed by atoms with van der Waals surface area (Å²) in [6.07, 6.45) is 6.02. The maximum Gasteiger partial charge on any atom is 0.346 e. The van der Waals surface area contributed by atoms with Crippen molar-refractivity contribution in [2.45, 2.75) is 38.8 Å². The lowest BCUT2D eigenvalue weighted by molar-refractivity contribution is 0.430. The van der Waals surface area contributed by atoms with E-state index in [1.165, 1.54) is 5.56 Å². The molecule has 5 rings (SSSR count). The van der Waals surface area contributed by atoms with Crippen LogP contribution in [-0.4, -0.2) is 36.8 Å². The highest BCUT2D eigenvalue weighted by molar-refractivity contribution is 5.41. The molecule has 0 unspecified atom stereocenters. The Morgan fingerprint density at radius 1 is 1.03 bits per heavy atom. The van der Waals surface area contributed by atoms with E-state index in [-0.39, 0.29) is 5.69 Å². The third-order valence-electron chi connectivity index (χ3n) is 5.80. The summed E-state index contributed by atoms with van der Waals surface area (Å²) in [4.78, 5) is 18.0. The van der Waals surface area contributed by atoms with E-state index in [2.05, 4.69) is 29.4 Å². The number of piperidine rings is 1. The first-order chi connectivity index (χ1) is 14.7. The van der Waals surface area contributed by atoms with Gasteiger partial charge in [-0.25, -0.2) is 14.5 Å². The van der Waals surface area contributed by atoms with Crippen LogP contribution < -0.4 is 11.0 Å². The van der Waals surface area contributed by atoms with Crippen LogP contribution in [-0.2, 0) is 13.1 Å². The third-order valence-corrected chi connectivity index (χ3v) is 5.80. The molecule has 1 aliphatic rings. The van der Waals surface area contributed by atoms with Crippen LogP contribution in [0.3, 0.4) is 0 Å². The molecule has 30 heavy (non-hydrogen) atoms. The lowest BCUT2D eigenvalue weighted by atomic mass is 9.97. The zero-order valence-corrected chi connectivity index (χ0v) is 17.2. The molecule has 7 nitrogen and oxygen atoms in total. The number of imidazole rings is 1. The van der Waals surface area contributed by atoms with Crippen molar-refractivity contribution in [1.82, 2.24) is 29.0 Å². The van der Waals surface area contributed by atoms with Crippen LogP contribution in [0.5, 0.6) is 0 Å². The molecule has 1 N–H and O–H groups in total. The molecule has 1 aliphatic heterocycles. The molecule has 7 heteroatoms. The van der Waals surface area contributed by atoms with Gasteiger partial charge in [-0.1, -0.05) is 36.4 Å². The van der Waals surface area contributed by atoms with E-state index in [0.717, 1.165) is 48.7 Å². The summed E-state index contributed by atoms with van der Waals surface area (Å²) in [5, 5.41) is 8.20. The van der Waals surface area contributed by atoms with Crippen LogP contribution in [0.25, 0.3) is 5.65 Å². The molecule has 0 atom stereocenters. The first-order valence-electron chi connectivity index (χ1n) is 10.5. The summed E-state index contributed by atoms with van der Waals surface area (Å²) < 4.78 is 5.44. The fraction of sp³-hybridized carbons (Fsp3) is 0.348. The number of nitrogens with zero attached hydrogens (tertiary/aromatic N) is 5. The third kappa shape index (κ3) is 3.68. The average Bonchev–Trinajstić information content (AvgIpc) is 3.30. The smallest absolute Gasteiger partial charge is 0.317 e. The van der Waals surface area contributed by atoms with E-state index in [9.17, 15) is 4.79 Å². The van der Waals surface area contributed by atoms with E-state index >= 15 is 0 Å². The Hall–Kier alpha value is -3.19. The van der Waals surface area contributed by atoms with Gasteiger partial charge in [0.05, 0.1) is 18.8 Å². The second-order valence-corrected chi connectivity index (χ2v) is 8.10. The summed E-state index contributed by atoms with van der Waals surface area (Å²) in [6.45, 7) is 4.90. The fourth-order valence-corrected chi connectivity index (χ4v) is 4.24. The van der Waals surface area contributed by atoms with E-state index in [0.29, 0.717) is 19.0 Å². The van der Waals surface area contributed by atoms with Gasteiger partial charge in [0.15, 0.2) is 0 Å². The van der Waals surface area contributed by atoms with Gasteiger partial charge in [0.25, 0.3) is 0 Å². The lowest BCUT2D eigenvalue weighted by Crippen LogP contribution is -2.30. The number of hydrogen-bond acceptors (Lipinski definition) is 4. The van der Waals surface area contributed by atoms with Gasteiger partial charge < -0.3 is 9.72 Å². The Morgan fingerprint density at radius 2 is 1.83 bits per heavy atom. The molecule has 0 bridgehead atoms. The summed E-state index contributed by atoms with van der Waals surface area (Å²) in [6, 6.07) is 14.2. The Kier molecular flexibility index (Phi) is 4.96. The Morgan fingerprint density at radius 3 is 2.63 bits per heavy atom. The van der Waals surface area contributed by atoms with Crippen molar-refractivity contribution in [3.05, 3.63) is 88.0 Å². The van der Waals surface area contributed by atoms with Crippen molar-refractivity contribution in [3.63, 3.8) is 0 Å². The van der Waals surface area contributed by atoms with Gasteiger partial charge in [0, 0.05) is 18.3 Å². The number of nitrogens with one attached hydrogen (secondary N) is 1. The van der Waals surface area contributed by atoms with E-state index in [1.807, 2.05) is 51.7 Å². The molecule has 0 spiro atoms. The predicted octanol–water partition coefficient (Wildman–Crippen LogP) is 2.56. The molecule has 0 saturated carbocycles. The highest BCUT2D eigenvalue weighted by atomic mass is 16.2. The van der Waals surface area contributed by atoms with E-state index in [4.69, 9.17) is 5.10 Å². The van der Waals surface area contributed by atoms with Gasteiger partial charge in [-0.05, 0) is 50.0 Å². The number of rotatable bonds is 5. The second-order valence-electron chi connectivity index (χ2n) is 8.10. The Bertz CT molecular complexity index is 1210. The minimum Gasteiger partial charge on any atom is -0.317 e. The SMILES string of the molecule is Cc1ccc2nc(Cn3nc(C4CCNCC4)n(Cc4ccccc4)c3=O)cn2c1. The van der Waals surface area contributed by atoms with Gasteiger partial charge >= 0.3 is 5.69 Å². The highest BCUT2D eigenvalue weighted by Gasteiger charge is 2.24. The average molecular weight is 403 g/mol. The number of aryl methyl sites for hydroxylation is 1. The van der Waals surface area contributed by atoms with Crippen LogP contribution in [0.15, 0.2) is 59.7 Å². The molecule has 1 fully saturated rings. The van der Waals surface area contributed by atoms with E-state index in [1.54, 1.807) is 4.68 Å². The number of fused-ring (bicyclic) bond motifs is 1. The van der Waals surface area contributed by atoms with E-state index < -0.39 is 0 Å². The molecule has 4 aromatic rings. The van der Waals surface area contributed by atoms with Crippen LogP contribution in [0.2, 0.25) is 0 Å². The first kappa shape index (κ1) is 18.8. The maximum absolute atomic E-state index is 13.3. The van der Waals surface area contributed by atoms with Crippen molar-refractivity contribution < 1.29 is 0 Å². The quantitative estimate of drug-likeness (QED) is 0.557. The fourth-order valence-electron chi connectivity index (χ4n) is 4.24. The number of aromatic nitrogens is 5. The van der Waals surface area contributed by atoms with Gasteiger partial charge in [0.2, 0.25) is 0 Å². The topological polar surface area (TPSA) is 69.2 Å². The summed E-state index contributed by atoms with van der Waals surface area (Å²) in [5.74, 6) is 1.19. The molecule has 0 amide bonds. The first-order valence-corrected chi connectivity index (χ1v) is 10.5. The van der Waals surface area contributed by atoms with Crippen LogP contribution in [0.4, 0.5) is 0 Å². The van der Waals surface area contributed by atoms with Crippen molar-refractivity contribution in [2.24, 2.45) is 0 Å². The van der Waals surface area contributed by atoms with Gasteiger partial charge in [0.1, 0.15) is 11.5 Å². The highest BCUT2D eigenvalue weighted by Crippen LogP contribution is 2.23. The summed E-state index contributed by atoms with van der Waals surface area (Å²) in [5.41, 5.74) is 3.93. The molecule has 1 aromatic carbocycles. The summed E-state index contributed by atoms with van der Waals surface area (Å²) >= 11 is 0. The molecule has 154 valence electrons. The van der Waals surface area contributed by atoms with Crippen LogP contribution in [0, 0.1) is 6.92 Å². The normalized spacial score (nSPS) is 15.1. The number of benzene rings is 1. The van der Waals surface area contributed by atoms with Crippen LogP contribution in [0.1, 0.15) is 41.4 Å². The monoisotopic (exact) mass is 402 g/mol. The minimum atomic E-state index is -0.0689. The lowest BCUT2D eigenvalue weighted by Gasteiger charge is -2.22. The van der Waals surface area contributed by atoms with Crippen molar-refractivity contribution in [2.75, 3.05) is 13.1 Å². The molecule has 0 radical (unpaired) electrons. The Labute approximate surface area is 175 Å². The molecule has 3 aromatic heterocycles. The van der Waals surface area contributed by atoms with Gasteiger partial charge in [-0.3, -0.25) is 4.57 Å². The minimum absolute atomic E-state index is 0.0689. The standard InChI is InChI=1S/C23H26N6O/c1-17-7-8-21-25-20(15-27(21)13-17)16-29-23(30)28(14-18-5-3-2-4-6-18)22(26-29)19-9-11-24-12-10-19/h2-8,13,15,19,24H,9-12,14,16H2,1H3. The predicted molar refractivity (Wildman–Crippen MR) is 116 cm³/mol. The van der Waals surface area contributed by atoms with Crippen molar-refractivity contribution in [3.8, 4) is 0 Å². The molecule has 0 aliphatic carbocycles. The molecule has 1 saturated heterocycles. The summed E-state index contributed by atoms with van der Waals surface area (Å²) in [7, 11) is 0. The number of pyridine rings is 1.